The number of benzene rings is 2. The quantitative estimate of drug-likeness (QED) is 0.893. The van der Waals surface area contributed by atoms with Crippen LogP contribution in [-0.2, 0) is 6.42 Å². The van der Waals surface area contributed by atoms with Crippen molar-refractivity contribution in [2.24, 2.45) is 0 Å². The van der Waals surface area contributed by atoms with Gasteiger partial charge in [0.25, 0.3) is 0 Å². The molecule has 0 aliphatic carbocycles. The molecule has 3 heteroatoms. The molecule has 96 valence electrons. The molecule has 3 rings (SSSR count). The van der Waals surface area contributed by atoms with E-state index in [1.165, 1.54) is 5.56 Å². The minimum Gasteiger partial charge on any atom is -0.493 e. The van der Waals surface area contributed by atoms with E-state index in [2.05, 4.69) is 6.07 Å². The van der Waals surface area contributed by atoms with Crippen LogP contribution in [-0.4, -0.2) is 17.7 Å². The molecule has 0 fully saturated rings. The number of aryl methyl sites for hydroxylation is 1. The van der Waals surface area contributed by atoms with E-state index < -0.39 is 5.97 Å². The van der Waals surface area contributed by atoms with E-state index in [-0.39, 0.29) is 0 Å². The number of ether oxygens (including phenoxy) is 1. The summed E-state index contributed by atoms with van der Waals surface area (Å²) in [5.41, 5.74) is 3.55. The molecule has 1 aliphatic rings. The van der Waals surface area contributed by atoms with Crippen molar-refractivity contribution in [2.75, 3.05) is 6.61 Å². The van der Waals surface area contributed by atoms with Crippen molar-refractivity contribution in [3.63, 3.8) is 0 Å². The molecule has 0 amide bonds. The molecule has 3 nitrogen and oxygen atoms in total. The molecule has 0 bridgehead atoms. The lowest BCUT2D eigenvalue weighted by Gasteiger charge is -2.20. The Hall–Kier alpha value is -2.29. The maximum absolute atomic E-state index is 10.9. The first-order valence-electron chi connectivity index (χ1n) is 6.34. The lowest BCUT2D eigenvalue weighted by atomic mass is 9.97. The van der Waals surface area contributed by atoms with Gasteiger partial charge in [0.15, 0.2) is 0 Å². The highest BCUT2D eigenvalue weighted by Crippen LogP contribution is 2.36. The Bertz CT molecular complexity index is 614. The van der Waals surface area contributed by atoms with Gasteiger partial charge in [-0.25, -0.2) is 4.79 Å². The van der Waals surface area contributed by atoms with Gasteiger partial charge in [-0.05, 0) is 36.1 Å². The van der Waals surface area contributed by atoms with Crippen LogP contribution in [0.15, 0.2) is 42.5 Å². The van der Waals surface area contributed by atoms with Crippen molar-refractivity contribution in [3.8, 4) is 16.9 Å². The Kier molecular flexibility index (Phi) is 2.95. The summed E-state index contributed by atoms with van der Waals surface area (Å²) in [7, 11) is 0. The number of carbonyl (C=O) groups is 1. The number of hydrogen-bond acceptors (Lipinski definition) is 2. The van der Waals surface area contributed by atoms with Gasteiger partial charge < -0.3 is 9.84 Å². The molecule has 19 heavy (non-hydrogen) atoms. The molecule has 0 saturated carbocycles. The van der Waals surface area contributed by atoms with Crippen LogP contribution in [0.25, 0.3) is 11.1 Å². The molecular formula is C16H14O3. The fraction of sp³-hybridized carbons (Fsp3) is 0.188. The van der Waals surface area contributed by atoms with Crippen LogP contribution in [0.2, 0.25) is 0 Å². The maximum Gasteiger partial charge on any atom is 0.335 e. The maximum atomic E-state index is 10.9. The Morgan fingerprint density at radius 3 is 2.63 bits per heavy atom. The largest absolute Gasteiger partial charge is 0.493 e. The molecule has 0 aromatic heterocycles. The second-order valence-corrected chi connectivity index (χ2v) is 4.63. The fourth-order valence-corrected chi connectivity index (χ4v) is 2.41. The highest BCUT2D eigenvalue weighted by molar-refractivity contribution is 5.88. The van der Waals surface area contributed by atoms with Crippen LogP contribution in [0, 0.1) is 0 Å². The van der Waals surface area contributed by atoms with E-state index in [9.17, 15) is 4.79 Å². The molecular weight excluding hydrogens is 240 g/mol. The monoisotopic (exact) mass is 254 g/mol. The average Bonchev–Trinajstić information content (AvgIpc) is 2.47. The van der Waals surface area contributed by atoms with Crippen LogP contribution in [0.3, 0.4) is 0 Å². The number of carboxylic acids is 1. The van der Waals surface area contributed by atoms with Crippen molar-refractivity contribution < 1.29 is 14.6 Å². The third-order valence-electron chi connectivity index (χ3n) is 3.38. The SMILES string of the molecule is O=C(O)c1ccc(-c2cccc3c2OCCC3)cc1. The third kappa shape index (κ3) is 2.19. The Balaban J connectivity index is 2.04. The zero-order valence-corrected chi connectivity index (χ0v) is 10.4. The third-order valence-corrected chi connectivity index (χ3v) is 3.38. The average molecular weight is 254 g/mol. The van der Waals surface area contributed by atoms with Crippen molar-refractivity contribution in [2.45, 2.75) is 12.8 Å². The zero-order valence-electron chi connectivity index (χ0n) is 10.4. The van der Waals surface area contributed by atoms with Gasteiger partial charge in [-0.3, -0.25) is 0 Å². The Morgan fingerprint density at radius 1 is 1.11 bits per heavy atom. The smallest absolute Gasteiger partial charge is 0.335 e. The van der Waals surface area contributed by atoms with E-state index in [1.54, 1.807) is 12.1 Å². The van der Waals surface area contributed by atoms with Crippen molar-refractivity contribution >= 4 is 5.97 Å². The van der Waals surface area contributed by atoms with Crippen molar-refractivity contribution in [3.05, 3.63) is 53.6 Å². The molecule has 0 atom stereocenters. The summed E-state index contributed by atoms with van der Waals surface area (Å²) >= 11 is 0. The van der Waals surface area contributed by atoms with Gasteiger partial charge in [-0.1, -0.05) is 30.3 Å². The van der Waals surface area contributed by atoms with Crippen LogP contribution >= 0.6 is 0 Å². The molecule has 1 heterocycles. The van der Waals surface area contributed by atoms with Gasteiger partial charge >= 0.3 is 5.97 Å². The van der Waals surface area contributed by atoms with Crippen LogP contribution < -0.4 is 4.74 Å². The number of carboxylic acid groups (broad SMARTS) is 1. The first-order valence-corrected chi connectivity index (χ1v) is 6.34. The van der Waals surface area contributed by atoms with Gasteiger partial charge in [-0.15, -0.1) is 0 Å². The number of aromatic carboxylic acids is 1. The fourth-order valence-electron chi connectivity index (χ4n) is 2.41. The second kappa shape index (κ2) is 4.76. The summed E-state index contributed by atoms with van der Waals surface area (Å²) in [6, 6.07) is 13.0. The summed E-state index contributed by atoms with van der Waals surface area (Å²) in [5.74, 6) is 0.0368. The van der Waals surface area contributed by atoms with E-state index in [4.69, 9.17) is 9.84 Å². The van der Waals surface area contributed by atoms with Crippen LogP contribution in [0.5, 0.6) is 5.75 Å². The van der Waals surface area contributed by atoms with Crippen molar-refractivity contribution in [1.29, 1.82) is 0 Å². The highest BCUT2D eigenvalue weighted by Gasteiger charge is 2.15. The summed E-state index contributed by atoms with van der Waals surface area (Å²) in [6.45, 7) is 0.747. The Labute approximate surface area is 111 Å². The van der Waals surface area contributed by atoms with Gasteiger partial charge in [0.1, 0.15) is 5.75 Å². The van der Waals surface area contributed by atoms with E-state index >= 15 is 0 Å². The summed E-state index contributed by atoms with van der Waals surface area (Å²) in [6.07, 6.45) is 2.09. The summed E-state index contributed by atoms with van der Waals surface area (Å²) in [4.78, 5) is 10.9. The van der Waals surface area contributed by atoms with Gasteiger partial charge in [0, 0.05) is 5.56 Å². The van der Waals surface area contributed by atoms with Gasteiger partial charge in [-0.2, -0.15) is 0 Å². The van der Waals surface area contributed by atoms with E-state index in [1.807, 2.05) is 24.3 Å². The normalized spacial score (nSPS) is 13.5. The molecule has 0 saturated heterocycles. The topological polar surface area (TPSA) is 46.5 Å². The minimum atomic E-state index is -0.905. The number of para-hydroxylation sites is 1. The van der Waals surface area contributed by atoms with Crippen molar-refractivity contribution in [1.82, 2.24) is 0 Å². The summed E-state index contributed by atoms with van der Waals surface area (Å²) < 4.78 is 5.77. The number of fused-ring (bicyclic) bond motifs is 1. The summed E-state index contributed by atoms with van der Waals surface area (Å²) in [5, 5.41) is 8.91. The van der Waals surface area contributed by atoms with E-state index in [0.717, 1.165) is 36.3 Å². The standard InChI is InChI=1S/C16H14O3/c17-16(18)13-8-6-11(7-9-13)14-5-1-3-12-4-2-10-19-15(12)14/h1,3,5-9H,2,4,10H2,(H,17,18). The molecule has 2 aromatic carbocycles. The van der Waals surface area contributed by atoms with Crippen LogP contribution in [0.4, 0.5) is 0 Å². The second-order valence-electron chi connectivity index (χ2n) is 4.63. The minimum absolute atomic E-state index is 0.300. The first kappa shape index (κ1) is 11.8. The number of hydrogen-bond donors (Lipinski definition) is 1. The zero-order chi connectivity index (χ0) is 13.2. The van der Waals surface area contributed by atoms with Crippen LogP contribution in [0.1, 0.15) is 22.3 Å². The Morgan fingerprint density at radius 2 is 1.89 bits per heavy atom. The predicted octanol–water partition coefficient (Wildman–Crippen LogP) is 3.38. The van der Waals surface area contributed by atoms with Gasteiger partial charge in [0.2, 0.25) is 0 Å². The molecule has 0 unspecified atom stereocenters. The number of rotatable bonds is 2. The first-order chi connectivity index (χ1) is 9.25. The molecule has 0 radical (unpaired) electrons. The van der Waals surface area contributed by atoms with Gasteiger partial charge in [0.05, 0.1) is 12.2 Å². The molecule has 1 N–H and O–H groups in total. The predicted molar refractivity (Wildman–Crippen MR) is 72.7 cm³/mol. The highest BCUT2D eigenvalue weighted by atomic mass is 16.5. The molecule has 0 spiro atoms. The molecule has 2 aromatic rings. The molecule has 1 aliphatic heterocycles. The van der Waals surface area contributed by atoms with E-state index in [0.29, 0.717) is 5.56 Å². The lowest BCUT2D eigenvalue weighted by Crippen LogP contribution is -2.09. The lowest BCUT2D eigenvalue weighted by molar-refractivity contribution is 0.0697.